The number of hydrogen-bond acceptors (Lipinski definition) is 8. The molecule has 0 bridgehead atoms. The Hall–Kier alpha value is -4.92. The van der Waals surface area contributed by atoms with Crippen molar-refractivity contribution in [3.8, 4) is 23.6 Å². The smallest absolute Gasteiger partial charge is 0.348 e. The first kappa shape index (κ1) is 28.1. The monoisotopic (exact) mass is 550 g/mol. The first-order valence-corrected chi connectivity index (χ1v) is 13.3. The molecule has 0 aliphatic carbocycles. The average Bonchev–Trinajstić information content (AvgIpc) is 3.29. The fourth-order valence-corrected chi connectivity index (χ4v) is 5.43. The van der Waals surface area contributed by atoms with Gasteiger partial charge in [0.05, 0.1) is 24.9 Å². The second-order valence-electron chi connectivity index (χ2n) is 8.79. The lowest BCUT2D eigenvalue weighted by Crippen LogP contribution is -2.05. The number of benzene rings is 3. The first-order valence-electron chi connectivity index (χ1n) is 12.5. The van der Waals surface area contributed by atoms with Gasteiger partial charge in [-0.1, -0.05) is 48.5 Å². The van der Waals surface area contributed by atoms with Crippen molar-refractivity contribution in [2.45, 2.75) is 26.9 Å². The lowest BCUT2D eigenvalue weighted by atomic mass is 10.0. The maximum Gasteiger partial charge on any atom is 0.348 e. The van der Waals surface area contributed by atoms with E-state index < -0.39 is 11.8 Å². The van der Waals surface area contributed by atoms with Crippen molar-refractivity contribution in [3.63, 3.8) is 0 Å². The van der Waals surface area contributed by atoms with Gasteiger partial charge in [0.15, 0.2) is 17.3 Å². The highest BCUT2D eigenvalue weighted by Crippen LogP contribution is 2.32. The third-order valence-corrected chi connectivity index (χ3v) is 7.57. The number of thiophene rings is 1. The molecule has 200 valence electrons. The van der Waals surface area contributed by atoms with Crippen LogP contribution in [0.2, 0.25) is 0 Å². The number of ether oxygens (including phenoxy) is 3. The van der Waals surface area contributed by atoms with Crippen LogP contribution in [0.1, 0.15) is 43.7 Å². The van der Waals surface area contributed by atoms with E-state index in [9.17, 15) is 20.1 Å². The standard InChI is InChI=1S/C32H26N2O5S/c1-4-38-32(36)31-20(2)26(18-34)30(40-31)16-27(35)24(17-33)14-21-12-13-28(29(15-21)37-3)39-19-23-10-7-9-22-8-5-6-11-25(22)23/h5-15H,4,16,19H2,1-3H3/b24-14+. The number of esters is 1. The minimum absolute atomic E-state index is 0.0842. The molecule has 4 aromatic rings. The quantitative estimate of drug-likeness (QED) is 0.125. The molecule has 0 fully saturated rings. The van der Waals surface area contributed by atoms with Gasteiger partial charge in [0, 0.05) is 11.3 Å². The molecule has 0 atom stereocenters. The topological polar surface area (TPSA) is 109 Å². The molecule has 7 nitrogen and oxygen atoms in total. The van der Waals surface area contributed by atoms with E-state index in [2.05, 4.69) is 18.2 Å². The van der Waals surface area contributed by atoms with E-state index in [1.807, 2.05) is 36.4 Å². The molecule has 0 saturated heterocycles. The van der Waals surface area contributed by atoms with Crippen LogP contribution in [0, 0.1) is 29.6 Å². The molecule has 40 heavy (non-hydrogen) atoms. The van der Waals surface area contributed by atoms with Crippen molar-refractivity contribution in [2.24, 2.45) is 0 Å². The summed E-state index contributed by atoms with van der Waals surface area (Å²) in [6.45, 7) is 3.87. The first-order chi connectivity index (χ1) is 19.4. The Morgan fingerprint density at radius 2 is 1.80 bits per heavy atom. The normalized spacial score (nSPS) is 11.0. The molecule has 0 N–H and O–H groups in total. The second kappa shape index (κ2) is 12.8. The number of methoxy groups -OCH3 is 1. The molecule has 0 aliphatic heterocycles. The zero-order valence-electron chi connectivity index (χ0n) is 22.3. The van der Waals surface area contributed by atoms with Crippen LogP contribution < -0.4 is 9.47 Å². The van der Waals surface area contributed by atoms with Crippen molar-refractivity contribution in [3.05, 3.63) is 98.2 Å². The molecule has 3 aromatic carbocycles. The van der Waals surface area contributed by atoms with Crippen LogP contribution in [0.4, 0.5) is 0 Å². The Morgan fingerprint density at radius 1 is 1.02 bits per heavy atom. The molecule has 8 heteroatoms. The molecular weight excluding hydrogens is 524 g/mol. The van der Waals surface area contributed by atoms with Gasteiger partial charge in [0.2, 0.25) is 0 Å². The van der Waals surface area contributed by atoms with Crippen LogP contribution >= 0.6 is 11.3 Å². The summed E-state index contributed by atoms with van der Waals surface area (Å²) in [7, 11) is 1.52. The summed E-state index contributed by atoms with van der Waals surface area (Å²) in [5.74, 6) is -0.0212. The van der Waals surface area contributed by atoms with Crippen molar-refractivity contribution in [2.75, 3.05) is 13.7 Å². The maximum atomic E-state index is 13.1. The minimum Gasteiger partial charge on any atom is -0.493 e. The van der Waals surface area contributed by atoms with Crippen LogP contribution in [0.15, 0.2) is 66.2 Å². The number of nitrogens with zero attached hydrogens (tertiary/aromatic N) is 2. The fourth-order valence-electron chi connectivity index (χ4n) is 4.29. The molecule has 0 amide bonds. The number of nitriles is 2. The highest BCUT2D eigenvalue weighted by atomic mass is 32.1. The fraction of sp³-hybridized carbons (Fsp3) is 0.188. The van der Waals surface area contributed by atoms with Crippen molar-refractivity contribution < 1.29 is 23.8 Å². The molecule has 0 spiro atoms. The van der Waals surface area contributed by atoms with Crippen molar-refractivity contribution >= 4 is 39.9 Å². The molecule has 0 unspecified atom stereocenters. The number of allylic oxidation sites excluding steroid dienone is 1. The average molecular weight is 551 g/mol. The van der Waals surface area contributed by atoms with Gasteiger partial charge in [0.25, 0.3) is 0 Å². The van der Waals surface area contributed by atoms with Gasteiger partial charge < -0.3 is 14.2 Å². The van der Waals surface area contributed by atoms with E-state index in [0.717, 1.165) is 27.7 Å². The predicted octanol–water partition coefficient (Wildman–Crippen LogP) is 6.56. The largest absolute Gasteiger partial charge is 0.493 e. The lowest BCUT2D eigenvalue weighted by Gasteiger charge is -2.13. The van der Waals surface area contributed by atoms with E-state index in [1.54, 1.807) is 32.0 Å². The summed E-state index contributed by atoms with van der Waals surface area (Å²) in [6, 6.07) is 23.3. The summed E-state index contributed by atoms with van der Waals surface area (Å²) in [4.78, 5) is 26.0. The summed E-state index contributed by atoms with van der Waals surface area (Å²) >= 11 is 1.04. The van der Waals surface area contributed by atoms with E-state index in [0.29, 0.717) is 34.1 Å². The third kappa shape index (κ3) is 6.04. The number of hydrogen-bond donors (Lipinski definition) is 0. The van der Waals surface area contributed by atoms with E-state index in [1.165, 1.54) is 13.2 Å². The highest BCUT2D eigenvalue weighted by Gasteiger charge is 2.23. The third-order valence-electron chi connectivity index (χ3n) is 6.30. The molecule has 1 heterocycles. The molecule has 1 aromatic heterocycles. The number of Topliss-reactive ketones (excluding diaryl/α,β-unsaturated/α-hetero) is 1. The Balaban J connectivity index is 1.54. The van der Waals surface area contributed by atoms with Crippen LogP contribution in [-0.2, 0) is 22.6 Å². The van der Waals surface area contributed by atoms with Crippen LogP contribution in [0.3, 0.4) is 0 Å². The molecule has 0 saturated carbocycles. The van der Waals surface area contributed by atoms with Gasteiger partial charge in [-0.25, -0.2) is 4.79 Å². The van der Waals surface area contributed by atoms with Crippen molar-refractivity contribution in [1.82, 2.24) is 0 Å². The second-order valence-corrected chi connectivity index (χ2v) is 9.90. The Morgan fingerprint density at radius 3 is 2.52 bits per heavy atom. The van der Waals surface area contributed by atoms with Gasteiger partial charge in [-0.2, -0.15) is 10.5 Å². The van der Waals surface area contributed by atoms with Crippen LogP contribution in [0.5, 0.6) is 11.5 Å². The van der Waals surface area contributed by atoms with Crippen molar-refractivity contribution in [1.29, 1.82) is 10.5 Å². The van der Waals surface area contributed by atoms with Gasteiger partial charge in [-0.15, -0.1) is 11.3 Å². The number of fused-ring (bicyclic) bond motifs is 1. The van der Waals surface area contributed by atoms with Gasteiger partial charge in [-0.05, 0) is 59.5 Å². The van der Waals surface area contributed by atoms with Gasteiger partial charge in [-0.3, -0.25) is 4.79 Å². The Labute approximate surface area is 236 Å². The minimum atomic E-state index is -0.536. The van der Waals surface area contributed by atoms with E-state index in [4.69, 9.17) is 14.2 Å². The lowest BCUT2D eigenvalue weighted by molar-refractivity contribution is -0.114. The Bertz CT molecular complexity index is 1700. The zero-order chi connectivity index (χ0) is 28.6. The van der Waals surface area contributed by atoms with Gasteiger partial charge >= 0.3 is 5.97 Å². The highest BCUT2D eigenvalue weighted by molar-refractivity contribution is 7.14. The predicted molar refractivity (Wildman–Crippen MR) is 153 cm³/mol. The molecule has 0 aliphatic rings. The SMILES string of the molecule is CCOC(=O)c1sc(CC(=O)/C(C#N)=C/c2ccc(OCc3cccc4ccccc34)c(OC)c2)c(C#N)c1C. The number of carbonyl (C=O) groups excluding carboxylic acids is 2. The number of ketones is 1. The van der Waals surface area contributed by atoms with E-state index >= 15 is 0 Å². The molecule has 4 rings (SSSR count). The molecule has 0 radical (unpaired) electrons. The molecular formula is C32H26N2O5S. The summed E-state index contributed by atoms with van der Waals surface area (Å²) in [5, 5.41) is 21.6. The summed E-state index contributed by atoms with van der Waals surface area (Å²) in [6.07, 6.45) is 1.29. The van der Waals surface area contributed by atoms with Crippen LogP contribution in [-0.4, -0.2) is 25.5 Å². The summed E-state index contributed by atoms with van der Waals surface area (Å²) in [5.41, 5.74) is 2.26. The zero-order valence-corrected chi connectivity index (χ0v) is 23.1. The Kier molecular flexibility index (Phi) is 8.96. The van der Waals surface area contributed by atoms with Gasteiger partial charge in [0.1, 0.15) is 23.6 Å². The summed E-state index contributed by atoms with van der Waals surface area (Å²) < 4.78 is 16.6. The number of rotatable bonds is 10. The maximum absolute atomic E-state index is 13.1. The number of carbonyl (C=O) groups is 2. The van der Waals surface area contributed by atoms with Crippen LogP contribution in [0.25, 0.3) is 16.8 Å². The van der Waals surface area contributed by atoms with E-state index in [-0.39, 0.29) is 29.0 Å².